The number of hydrogen-bond donors (Lipinski definition) is 1. The maximum atomic E-state index is 12.1. The van der Waals surface area contributed by atoms with E-state index in [-0.39, 0.29) is 27.8 Å². The quantitative estimate of drug-likeness (QED) is 0.948. The Balaban J connectivity index is 1.68. The van der Waals surface area contributed by atoms with Crippen molar-refractivity contribution in [2.45, 2.75) is 18.4 Å². The summed E-state index contributed by atoms with van der Waals surface area (Å²) >= 11 is 11.6. The Labute approximate surface area is 126 Å². The molecule has 20 heavy (non-hydrogen) atoms. The van der Waals surface area contributed by atoms with Crippen LogP contribution in [0.2, 0.25) is 10.3 Å². The second-order valence-corrected chi connectivity index (χ2v) is 5.45. The molecule has 1 N–H and O–H groups in total. The van der Waals surface area contributed by atoms with E-state index in [9.17, 15) is 4.79 Å². The van der Waals surface area contributed by atoms with Gasteiger partial charge in [-0.2, -0.15) is 0 Å². The van der Waals surface area contributed by atoms with Gasteiger partial charge in [0.1, 0.15) is 0 Å². The molecule has 1 aliphatic rings. The van der Waals surface area contributed by atoms with Crippen LogP contribution in [0.5, 0.6) is 0 Å². The number of carbonyl (C=O) groups excluding carboxylic acids is 1. The molecule has 3 rings (SSSR count). The maximum absolute atomic E-state index is 12.1. The molecule has 102 valence electrons. The van der Waals surface area contributed by atoms with Crippen molar-refractivity contribution in [3.63, 3.8) is 0 Å². The van der Waals surface area contributed by atoms with Crippen molar-refractivity contribution in [2.24, 2.45) is 0 Å². The number of benzene rings is 1. The van der Waals surface area contributed by atoms with E-state index in [1.807, 2.05) is 18.2 Å². The van der Waals surface area contributed by atoms with Crippen molar-refractivity contribution in [1.82, 2.24) is 15.5 Å². The van der Waals surface area contributed by atoms with Crippen LogP contribution in [-0.2, 0) is 0 Å². The van der Waals surface area contributed by atoms with E-state index in [0.29, 0.717) is 5.92 Å². The summed E-state index contributed by atoms with van der Waals surface area (Å²) < 4.78 is 0. The van der Waals surface area contributed by atoms with Crippen LogP contribution in [-0.4, -0.2) is 22.1 Å². The second-order valence-electron chi connectivity index (χ2n) is 4.70. The molecule has 2 atom stereocenters. The zero-order chi connectivity index (χ0) is 14.1. The van der Waals surface area contributed by atoms with Gasteiger partial charge in [0.15, 0.2) is 10.3 Å². The summed E-state index contributed by atoms with van der Waals surface area (Å²) in [7, 11) is 0. The number of nitrogens with one attached hydrogen (secondary N) is 1. The molecule has 0 unspecified atom stereocenters. The fraction of sp³-hybridized carbons (Fsp3) is 0.214. The Hall–Kier alpha value is -1.65. The number of amides is 1. The molecule has 4 nitrogen and oxygen atoms in total. The van der Waals surface area contributed by atoms with Gasteiger partial charge in [0.2, 0.25) is 0 Å². The summed E-state index contributed by atoms with van der Waals surface area (Å²) in [5, 5.41) is 10.4. The molecule has 6 heteroatoms. The average molecular weight is 308 g/mol. The fourth-order valence-corrected chi connectivity index (χ4v) is 2.51. The SMILES string of the molecule is O=C(N[C@@H]1C[C@H]1c1ccccc1)c1cc(Cl)nnc1Cl. The zero-order valence-electron chi connectivity index (χ0n) is 10.4. The number of hydrogen-bond acceptors (Lipinski definition) is 3. The lowest BCUT2D eigenvalue weighted by Crippen LogP contribution is -2.27. The van der Waals surface area contributed by atoms with Gasteiger partial charge >= 0.3 is 0 Å². The maximum Gasteiger partial charge on any atom is 0.254 e. The van der Waals surface area contributed by atoms with E-state index in [1.54, 1.807) is 0 Å². The van der Waals surface area contributed by atoms with E-state index < -0.39 is 0 Å². The molecular formula is C14H11Cl2N3O. The predicted octanol–water partition coefficient (Wildman–Crippen LogP) is 3.07. The van der Waals surface area contributed by atoms with Crippen molar-refractivity contribution >= 4 is 29.1 Å². The fourth-order valence-electron chi connectivity index (χ4n) is 2.18. The van der Waals surface area contributed by atoms with E-state index in [4.69, 9.17) is 23.2 Å². The predicted molar refractivity (Wildman–Crippen MR) is 77.1 cm³/mol. The van der Waals surface area contributed by atoms with Crippen LogP contribution in [0.25, 0.3) is 0 Å². The highest BCUT2D eigenvalue weighted by atomic mass is 35.5. The van der Waals surface area contributed by atoms with Gasteiger partial charge in [-0.25, -0.2) is 0 Å². The third kappa shape index (κ3) is 2.76. The molecule has 2 aromatic rings. The standard InChI is InChI=1S/C14H11Cl2N3O/c15-12-7-10(13(16)19-18-12)14(20)17-11-6-9(11)8-4-2-1-3-5-8/h1-5,7,9,11H,6H2,(H,17,20)/t9-,11+/m0/s1. The van der Waals surface area contributed by atoms with Crippen molar-refractivity contribution in [2.75, 3.05) is 0 Å². The highest BCUT2D eigenvalue weighted by Gasteiger charge is 2.39. The lowest BCUT2D eigenvalue weighted by atomic mass is 10.1. The van der Waals surface area contributed by atoms with Gasteiger partial charge in [0.05, 0.1) is 5.56 Å². The first kappa shape index (κ1) is 13.3. The first-order valence-electron chi connectivity index (χ1n) is 6.19. The van der Waals surface area contributed by atoms with Gasteiger partial charge in [0, 0.05) is 12.0 Å². The van der Waals surface area contributed by atoms with Crippen molar-refractivity contribution in [1.29, 1.82) is 0 Å². The highest BCUT2D eigenvalue weighted by Crippen LogP contribution is 2.40. The molecule has 0 spiro atoms. The smallest absolute Gasteiger partial charge is 0.254 e. The molecule has 0 bridgehead atoms. The number of halogens is 2. The molecule has 1 aromatic heterocycles. The normalized spacial score (nSPS) is 20.5. The van der Waals surface area contributed by atoms with Gasteiger partial charge in [0.25, 0.3) is 5.91 Å². The number of aromatic nitrogens is 2. The summed E-state index contributed by atoms with van der Waals surface area (Å²) in [4.78, 5) is 12.1. The molecule has 1 saturated carbocycles. The zero-order valence-corrected chi connectivity index (χ0v) is 11.9. The van der Waals surface area contributed by atoms with Crippen molar-refractivity contribution in [3.05, 3.63) is 57.8 Å². The summed E-state index contributed by atoms with van der Waals surface area (Å²) in [5.41, 5.74) is 1.49. The van der Waals surface area contributed by atoms with Crippen LogP contribution in [0.3, 0.4) is 0 Å². The Kier molecular flexibility index (Phi) is 3.59. The number of carbonyl (C=O) groups is 1. The van der Waals surface area contributed by atoms with E-state index in [0.717, 1.165) is 6.42 Å². The summed E-state index contributed by atoms with van der Waals surface area (Å²) in [6.07, 6.45) is 0.930. The van der Waals surface area contributed by atoms with Crippen LogP contribution in [0, 0.1) is 0 Å². The topological polar surface area (TPSA) is 54.9 Å². The Bertz CT molecular complexity index is 648. The van der Waals surface area contributed by atoms with Gasteiger partial charge in [-0.15, -0.1) is 10.2 Å². The minimum Gasteiger partial charge on any atom is -0.349 e. The molecule has 1 fully saturated rings. The molecule has 1 heterocycles. The van der Waals surface area contributed by atoms with Crippen LogP contribution in [0.1, 0.15) is 28.3 Å². The average Bonchev–Trinajstić information content (AvgIpc) is 3.21. The van der Waals surface area contributed by atoms with Gasteiger partial charge in [-0.3, -0.25) is 4.79 Å². The molecular weight excluding hydrogens is 297 g/mol. The number of nitrogens with zero attached hydrogens (tertiary/aromatic N) is 2. The van der Waals surface area contributed by atoms with Crippen LogP contribution in [0.4, 0.5) is 0 Å². The van der Waals surface area contributed by atoms with E-state index >= 15 is 0 Å². The minimum atomic E-state index is -0.268. The molecule has 0 saturated heterocycles. The first-order chi connectivity index (χ1) is 9.65. The van der Waals surface area contributed by atoms with Gasteiger partial charge < -0.3 is 5.32 Å². The van der Waals surface area contributed by atoms with Crippen LogP contribution >= 0.6 is 23.2 Å². The molecule has 0 aliphatic heterocycles. The van der Waals surface area contributed by atoms with E-state index in [2.05, 4.69) is 27.6 Å². The highest BCUT2D eigenvalue weighted by molar-refractivity contribution is 6.34. The Morgan fingerprint density at radius 2 is 1.95 bits per heavy atom. The lowest BCUT2D eigenvalue weighted by molar-refractivity contribution is 0.0950. The summed E-state index contributed by atoms with van der Waals surface area (Å²) in [6, 6.07) is 11.7. The Morgan fingerprint density at radius 1 is 1.20 bits per heavy atom. The number of rotatable bonds is 3. The van der Waals surface area contributed by atoms with Crippen molar-refractivity contribution < 1.29 is 4.79 Å². The Morgan fingerprint density at radius 3 is 2.70 bits per heavy atom. The van der Waals surface area contributed by atoms with E-state index in [1.165, 1.54) is 11.6 Å². The summed E-state index contributed by atoms with van der Waals surface area (Å²) in [5.74, 6) is 0.0967. The monoisotopic (exact) mass is 307 g/mol. The molecule has 1 aliphatic carbocycles. The van der Waals surface area contributed by atoms with Crippen molar-refractivity contribution in [3.8, 4) is 0 Å². The third-order valence-electron chi connectivity index (χ3n) is 3.30. The second kappa shape index (κ2) is 5.38. The van der Waals surface area contributed by atoms with Gasteiger partial charge in [-0.1, -0.05) is 53.5 Å². The molecule has 0 radical (unpaired) electrons. The molecule has 1 aromatic carbocycles. The first-order valence-corrected chi connectivity index (χ1v) is 6.95. The minimum absolute atomic E-state index is 0.0591. The largest absolute Gasteiger partial charge is 0.349 e. The summed E-state index contributed by atoms with van der Waals surface area (Å²) in [6.45, 7) is 0. The third-order valence-corrected chi connectivity index (χ3v) is 3.76. The van der Waals surface area contributed by atoms with Crippen LogP contribution in [0.15, 0.2) is 36.4 Å². The molecule has 1 amide bonds. The van der Waals surface area contributed by atoms with Gasteiger partial charge in [-0.05, 0) is 18.1 Å². The van der Waals surface area contributed by atoms with Crippen LogP contribution < -0.4 is 5.32 Å². The lowest BCUT2D eigenvalue weighted by Gasteiger charge is -2.06.